The van der Waals surface area contributed by atoms with Crippen molar-refractivity contribution in [3.63, 3.8) is 0 Å². The third-order valence-corrected chi connectivity index (χ3v) is 6.41. The number of halogens is 5. The molecule has 1 N–H and O–H groups in total. The van der Waals surface area contributed by atoms with Gasteiger partial charge in [-0.15, -0.1) is 0 Å². The molecule has 4 aliphatic heterocycles. The largest absolute Gasteiger partial charge is 0.378 e. The number of fused-ring (bicyclic) bond motifs is 4. The van der Waals surface area contributed by atoms with Gasteiger partial charge in [-0.05, 0) is 83.7 Å². The lowest BCUT2D eigenvalue weighted by Crippen LogP contribution is -2.46. The molecule has 0 aliphatic carbocycles. The van der Waals surface area contributed by atoms with Gasteiger partial charge in [0.2, 0.25) is 32.4 Å². The standard InChI is InChI=1S/C9H10Cl2N4O.C6H11NO.C3Cl3N3/c10-7-12-8(11)14-9(13-7)15-5-1-2-6(15)4-16-3-5;1-2-6-4-8-3-5(1)7-6;4-1-7-2(5)9-3(6)8-1/h5-6H,1-4H2;5-7H,1-4H2;. The van der Waals surface area contributed by atoms with Gasteiger partial charge in [0.15, 0.2) is 0 Å². The average Bonchev–Trinajstić information content (AvgIpc) is 3.21. The molecular weight excluding hydrogens is 538 g/mol. The van der Waals surface area contributed by atoms with Crippen molar-refractivity contribution in [3.05, 3.63) is 26.4 Å². The Morgan fingerprint density at radius 2 is 0.970 bits per heavy atom. The Bertz CT molecular complexity index is 859. The van der Waals surface area contributed by atoms with Crippen LogP contribution in [0.4, 0.5) is 5.95 Å². The van der Waals surface area contributed by atoms with Gasteiger partial charge >= 0.3 is 0 Å². The Balaban J connectivity index is 0.000000129. The van der Waals surface area contributed by atoms with Crippen LogP contribution in [0, 0.1) is 0 Å². The maximum Gasteiger partial charge on any atom is 0.231 e. The number of anilines is 1. The van der Waals surface area contributed by atoms with E-state index in [9.17, 15) is 0 Å². The summed E-state index contributed by atoms with van der Waals surface area (Å²) >= 11 is 27.5. The fourth-order valence-corrected chi connectivity index (χ4v) is 5.17. The SMILES string of the molecule is C1CC2COCC1N2.Clc1nc(Cl)nc(Cl)n1.Clc1nc(Cl)nc(N2C3CCC2COC3)n1. The molecule has 4 fully saturated rings. The molecule has 0 spiro atoms. The molecule has 0 radical (unpaired) electrons. The maximum atomic E-state index is 5.78. The lowest BCUT2D eigenvalue weighted by Gasteiger charge is -2.34. The predicted octanol–water partition coefficient (Wildman–Crippen LogP) is 3.52. The van der Waals surface area contributed by atoms with E-state index in [0.717, 1.165) is 39.3 Å². The highest BCUT2D eigenvalue weighted by atomic mass is 35.5. The fourth-order valence-electron chi connectivity index (χ4n) is 4.21. The van der Waals surface area contributed by atoms with E-state index in [4.69, 9.17) is 67.5 Å². The van der Waals surface area contributed by atoms with Crippen molar-refractivity contribution in [2.75, 3.05) is 31.3 Å². The van der Waals surface area contributed by atoms with Crippen LogP contribution in [0.3, 0.4) is 0 Å². The molecule has 6 rings (SSSR count). The van der Waals surface area contributed by atoms with Crippen molar-refractivity contribution in [1.29, 1.82) is 0 Å². The van der Waals surface area contributed by atoms with Crippen molar-refractivity contribution < 1.29 is 9.47 Å². The van der Waals surface area contributed by atoms with Gasteiger partial charge in [-0.3, -0.25) is 0 Å². The molecule has 180 valence electrons. The summed E-state index contributed by atoms with van der Waals surface area (Å²) in [5, 5.41) is 3.74. The summed E-state index contributed by atoms with van der Waals surface area (Å²) in [4.78, 5) is 24.5. The molecule has 2 aromatic rings. The van der Waals surface area contributed by atoms with Gasteiger partial charge in [-0.1, -0.05) is 0 Å². The van der Waals surface area contributed by atoms with Crippen molar-refractivity contribution in [3.8, 4) is 0 Å². The lowest BCUT2D eigenvalue weighted by molar-refractivity contribution is 0.0728. The zero-order chi connectivity index (χ0) is 23.4. The van der Waals surface area contributed by atoms with Crippen LogP contribution in [0.1, 0.15) is 25.7 Å². The second kappa shape index (κ2) is 11.7. The summed E-state index contributed by atoms with van der Waals surface area (Å²) < 4.78 is 10.8. The predicted molar refractivity (Wildman–Crippen MR) is 126 cm³/mol. The highest BCUT2D eigenvalue weighted by Crippen LogP contribution is 2.32. The molecule has 0 aromatic carbocycles. The molecule has 2 aromatic heterocycles. The van der Waals surface area contributed by atoms with Gasteiger partial charge in [0.05, 0.1) is 38.5 Å². The van der Waals surface area contributed by atoms with Crippen LogP contribution in [0.5, 0.6) is 0 Å². The van der Waals surface area contributed by atoms with E-state index in [0.29, 0.717) is 30.1 Å². The number of nitrogens with one attached hydrogen (secondary N) is 1. The molecule has 4 bridgehead atoms. The highest BCUT2D eigenvalue weighted by molar-refractivity contribution is 6.33. The van der Waals surface area contributed by atoms with Crippen molar-refractivity contribution in [1.82, 2.24) is 35.2 Å². The van der Waals surface area contributed by atoms with Crippen LogP contribution in [-0.4, -0.2) is 80.5 Å². The zero-order valence-electron chi connectivity index (χ0n) is 17.3. The molecule has 0 saturated carbocycles. The minimum Gasteiger partial charge on any atom is -0.378 e. The smallest absolute Gasteiger partial charge is 0.231 e. The van der Waals surface area contributed by atoms with Gasteiger partial charge in [-0.25, -0.2) is 0 Å². The quantitative estimate of drug-likeness (QED) is 0.558. The van der Waals surface area contributed by atoms with Crippen molar-refractivity contribution >= 4 is 64.0 Å². The molecule has 33 heavy (non-hydrogen) atoms. The summed E-state index contributed by atoms with van der Waals surface area (Å²) in [7, 11) is 0. The van der Waals surface area contributed by atoms with Gasteiger partial charge < -0.3 is 19.7 Å². The van der Waals surface area contributed by atoms with Crippen LogP contribution in [0.25, 0.3) is 0 Å². The van der Waals surface area contributed by atoms with Crippen LogP contribution < -0.4 is 10.2 Å². The minimum atomic E-state index is 0.000000000000000444. The van der Waals surface area contributed by atoms with E-state index < -0.39 is 0 Å². The van der Waals surface area contributed by atoms with Crippen molar-refractivity contribution in [2.45, 2.75) is 49.9 Å². The number of nitrogens with zero attached hydrogens (tertiary/aromatic N) is 7. The molecule has 4 saturated heterocycles. The summed E-state index contributed by atoms with van der Waals surface area (Å²) in [5.74, 6) is 0.570. The Morgan fingerprint density at radius 1 is 0.576 bits per heavy atom. The van der Waals surface area contributed by atoms with Gasteiger partial charge in [0, 0.05) is 12.1 Å². The zero-order valence-corrected chi connectivity index (χ0v) is 21.1. The third-order valence-electron chi connectivity index (χ3n) is 5.57. The van der Waals surface area contributed by atoms with Crippen LogP contribution >= 0.6 is 58.0 Å². The van der Waals surface area contributed by atoms with E-state index in [1.54, 1.807) is 0 Å². The van der Waals surface area contributed by atoms with E-state index >= 15 is 0 Å². The summed E-state index contributed by atoms with van der Waals surface area (Å²) in [6.45, 7) is 3.32. The first-order chi connectivity index (χ1) is 15.9. The molecular formula is C18H21Cl5N8O2. The Kier molecular flexibility index (Phi) is 8.97. The van der Waals surface area contributed by atoms with E-state index in [2.05, 4.69) is 40.1 Å². The fraction of sp³-hybridized carbons (Fsp3) is 0.667. The molecule has 4 aliphatic rings. The average molecular weight is 559 g/mol. The number of morpholine rings is 2. The second-order valence-corrected chi connectivity index (χ2v) is 9.51. The lowest BCUT2D eigenvalue weighted by atomic mass is 10.2. The number of hydrogen-bond acceptors (Lipinski definition) is 10. The Morgan fingerprint density at radius 3 is 1.39 bits per heavy atom. The van der Waals surface area contributed by atoms with Gasteiger partial charge in [-0.2, -0.15) is 29.9 Å². The molecule has 10 nitrogen and oxygen atoms in total. The number of hydrogen-bond donors (Lipinski definition) is 1. The Labute approximate surface area is 215 Å². The van der Waals surface area contributed by atoms with Gasteiger partial charge in [0.1, 0.15) is 0 Å². The van der Waals surface area contributed by atoms with Crippen LogP contribution in [0.15, 0.2) is 0 Å². The highest BCUT2D eigenvalue weighted by Gasteiger charge is 2.39. The Hall–Kier alpha value is -0.850. The maximum absolute atomic E-state index is 5.78. The third kappa shape index (κ3) is 7.08. The van der Waals surface area contributed by atoms with E-state index in [1.165, 1.54) is 12.8 Å². The minimum absolute atomic E-state index is 0.000000000000000444. The summed E-state index contributed by atoms with van der Waals surface area (Å²) in [6.07, 6.45) is 4.85. The first kappa shape index (κ1) is 25.2. The molecule has 0 amide bonds. The number of rotatable bonds is 1. The normalized spacial score (nSPS) is 27.4. The first-order valence-electron chi connectivity index (χ1n) is 10.4. The monoisotopic (exact) mass is 556 g/mol. The number of aromatic nitrogens is 6. The molecule has 15 heteroatoms. The van der Waals surface area contributed by atoms with Gasteiger partial charge in [0.25, 0.3) is 0 Å². The van der Waals surface area contributed by atoms with E-state index in [-0.39, 0.29) is 26.4 Å². The molecule has 4 atom stereocenters. The second-order valence-electron chi connectivity index (χ2n) is 7.82. The first-order valence-corrected chi connectivity index (χ1v) is 12.3. The van der Waals surface area contributed by atoms with Crippen LogP contribution in [0.2, 0.25) is 26.4 Å². The van der Waals surface area contributed by atoms with E-state index in [1.807, 2.05) is 0 Å². The molecule has 6 heterocycles. The topological polar surface area (TPSA) is 111 Å². The molecule has 4 unspecified atom stereocenters. The summed E-state index contributed by atoms with van der Waals surface area (Å²) in [5.41, 5.74) is 0. The summed E-state index contributed by atoms with van der Waals surface area (Å²) in [6, 6.07) is 2.06. The van der Waals surface area contributed by atoms with Crippen molar-refractivity contribution in [2.24, 2.45) is 0 Å². The number of ether oxygens (including phenoxy) is 2. The van der Waals surface area contributed by atoms with Crippen LogP contribution in [-0.2, 0) is 9.47 Å².